The van der Waals surface area contributed by atoms with Crippen LogP contribution < -0.4 is 21.4 Å². The van der Waals surface area contributed by atoms with Crippen LogP contribution >= 0.6 is 0 Å². The second-order valence-electron chi connectivity index (χ2n) is 5.64. The molecule has 3 rings (SSSR count). The third kappa shape index (κ3) is 2.61. The molecule has 26 heavy (non-hydrogen) atoms. The number of imidazole rings is 1. The molecule has 0 aliphatic heterocycles. The number of aryl methyl sites for hydroxylation is 2. The Balaban J connectivity index is 1.99. The van der Waals surface area contributed by atoms with Crippen LogP contribution in [-0.2, 0) is 21.1 Å². The smallest absolute Gasteiger partial charge is 0.332 e. The van der Waals surface area contributed by atoms with Crippen LogP contribution in [0.5, 0.6) is 11.5 Å². The van der Waals surface area contributed by atoms with E-state index in [1.165, 1.54) is 29.5 Å². The number of fused-ring (bicyclic) bond motifs is 1. The zero-order valence-electron chi connectivity index (χ0n) is 14.7. The highest BCUT2D eigenvalue weighted by Gasteiger charge is 2.16. The predicted molar refractivity (Wildman–Crippen MR) is 97.1 cm³/mol. The summed E-state index contributed by atoms with van der Waals surface area (Å²) >= 11 is 0. The molecule has 0 saturated heterocycles. The molecular weight excluding hydrogens is 340 g/mol. The number of aromatic nitrogens is 4. The number of rotatable bonds is 4. The van der Waals surface area contributed by atoms with Crippen LogP contribution in [0.1, 0.15) is 5.56 Å². The Morgan fingerprint density at radius 1 is 1.19 bits per heavy atom. The van der Waals surface area contributed by atoms with Gasteiger partial charge in [-0.1, -0.05) is 6.07 Å². The van der Waals surface area contributed by atoms with Gasteiger partial charge in [0.15, 0.2) is 22.7 Å². The SMILES string of the molecule is COc1cccc(C=NNc2nc3c(c(=O)n(C)c(=O)n3C)n2C)c1O. The lowest BCUT2D eigenvalue weighted by atomic mass is 10.2. The predicted octanol–water partition coefficient (Wildman–Crippen LogP) is 0.131. The van der Waals surface area contributed by atoms with E-state index in [-0.39, 0.29) is 22.9 Å². The second-order valence-corrected chi connectivity index (χ2v) is 5.64. The monoisotopic (exact) mass is 358 g/mol. The van der Waals surface area contributed by atoms with Gasteiger partial charge in [-0.05, 0) is 12.1 Å². The fourth-order valence-electron chi connectivity index (χ4n) is 2.59. The van der Waals surface area contributed by atoms with Crippen molar-refractivity contribution in [2.45, 2.75) is 0 Å². The summed E-state index contributed by atoms with van der Waals surface area (Å²) in [5, 5.41) is 14.1. The number of hydrazone groups is 1. The van der Waals surface area contributed by atoms with Gasteiger partial charge in [0.2, 0.25) is 5.95 Å². The Morgan fingerprint density at radius 3 is 2.62 bits per heavy atom. The molecule has 136 valence electrons. The van der Waals surface area contributed by atoms with Crippen LogP contribution in [0.4, 0.5) is 5.95 Å². The largest absolute Gasteiger partial charge is 0.504 e. The summed E-state index contributed by atoms with van der Waals surface area (Å²) in [7, 11) is 6.05. The molecule has 2 aromatic heterocycles. The average Bonchev–Trinajstić information content (AvgIpc) is 2.96. The van der Waals surface area contributed by atoms with Gasteiger partial charge in [-0.25, -0.2) is 10.2 Å². The maximum absolute atomic E-state index is 12.3. The van der Waals surface area contributed by atoms with E-state index >= 15 is 0 Å². The van der Waals surface area contributed by atoms with Crippen LogP contribution in [0.15, 0.2) is 32.9 Å². The van der Waals surface area contributed by atoms with Crippen molar-refractivity contribution in [3.63, 3.8) is 0 Å². The van der Waals surface area contributed by atoms with Gasteiger partial charge in [0, 0.05) is 26.7 Å². The van der Waals surface area contributed by atoms with E-state index in [1.807, 2.05) is 0 Å². The first-order chi connectivity index (χ1) is 12.4. The summed E-state index contributed by atoms with van der Waals surface area (Å²) < 4.78 is 8.86. The molecule has 0 atom stereocenters. The fourth-order valence-corrected chi connectivity index (χ4v) is 2.59. The molecule has 0 aliphatic rings. The molecule has 0 saturated carbocycles. The van der Waals surface area contributed by atoms with Crippen LogP contribution in [-0.4, -0.2) is 37.1 Å². The number of aromatic hydroxyl groups is 1. The van der Waals surface area contributed by atoms with Gasteiger partial charge < -0.3 is 14.4 Å². The van der Waals surface area contributed by atoms with Gasteiger partial charge in [0.1, 0.15) is 0 Å². The standard InChI is InChI=1S/C16H18N6O4/c1-20-11-13(21(2)16(25)22(3)14(11)24)18-15(20)19-17-8-9-6-5-7-10(26-4)12(9)23/h5-8,23H,1-4H3,(H,18,19). The lowest BCUT2D eigenvalue weighted by molar-refractivity contribution is 0.373. The number of phenolic OH excluding ortho intramolecular Hbond substituents is 1. The van der Waals surface area contributed by atoms with Crippen molar-refractivity contribution in [1.29, 1.82) is 0 Å². The highest BCUT2D eigenvalue weighted by molar-refractivity contribution is 5.85. The molecule has 0 fully saturated rings. The number of hydrogen-bond acceptors (Lipinski definition) is 7. The molecule has 0 amide bonds. The van der Waals surface area contributed by atoms with Crippen molar-refractivity contribution < 1.29 is 9.84 Å². The number of para-hydroxylation sites is 1. The van der Waals surface area contributed by atoms with Gasteiger partial charge in [-0.2, -0.15) is 10.1 Å². The van der Waals surface area contributed by atoms with Gasteiger partial charge in [0.25, 0.3) is 5.56 Å². The maximum atomic E-state index is 12.3. The molecule has 1 aromatic carbocycles. The quantitative estimate of drug-likeness (QED) is 0.506. The van der Waals surface area contributed by atoms with E-state index in [2.05, 4.69) is 15.5 Å². The summed E-state index contributed by atoms with van der Waals surface area (Å²) in [5.74, 6) is 0.564. The number of anilines is 1. The normalized spacial score (nSPS) is 11.4. The lowest BCUT2D eigenvalue weighted by Crippen LogP contribution is -2.37. The second kappa shape index (κ2) is 6.39. The third-order valence-electron chi connectivity index (χ3n) is 4.09. The van der Waals surface area contributed by atoms with Crippen molar-refractivity contribution >= 4 is 23.3 Å². The van der Waals surface area contributed by atoms with Crippen molar-refractivity contribution in [2.75, 3.05) is 12.5 Å². The Morgan fingerprint density at radius 2 is 1.92 bits per heavy atom. The molecule has 0 spiro atoms. The Kier molecular flexibility index (Phi) is 4.24. The highest BCUT2D eigenvalue weighted by atomic mass is 16.5. The Hall–Kier alpha value is -3.56. The number of phenols is 1. The lowest BCUT2D eigenvalue weighted by Gasteiger charge is -2.05. The van der Waals surface area contributed by atoms with E-state index in [1.54, 1.807) is 32.3 Å². The van der Waals surface area contributed by atoms with E-state index in [9.17, 15) is 14.7 Å². The first kappa shape index (κ1) is 17.3. The highest BCUT2D eigenvalue weighted by Crippen LogP contribution is 2.28. The van der Waals surface area contributed by atoms with E-state index < -0.39 is 11.2 Å². The zero-order valence-corrected chi connectivity index (χ0v) is 14.7. The van der Waals surface area contributed by atoms with Crippen molar-refractivity contribution in [3.8, 4) is 11.5 Å². The van der Waals surface area contributed by atoms with E-state index in [0.717, 1.165) is 4.57 Å². The summed E-state index contributed by atoms with van der Waals surface area (Å²) in [6.45, 7) is 0. The topological polar surface area (TPSA) is 116 Å². The first-order valence-electron chi connectivity index (χ1n) is 7.64. The molecule has 2 heterocycles. The summed E-state index contributed by atoms with van der Waals surface area (Å²) in [5.41, 5.74) is 2.78. The number of ether oxygens (including phenoxy) is 1. The molecular formula is C16H18N6O4. The van der Waals surface area contributed by atoms with Crippen LogP contribution in [0.2, 0.25) is 0 Å². The Bertz CT molecular complexity index is 1140. The summed E-state index contributed by atoms with van der Waals surface area (Å²) in [6.07, 6.45) is 1.40. The molecule has 2 N–H and O–H groups in total. The molecule has 10 heteroatoms. The first-order valence-corrected chi connectivity index (χ1v) is 7.64. The molecule has 0 radical (unpaired) electrons. The summed E-state index contributed by atoms with van der Waals surface area (Å²) in [6, 6.07) is 5.01. The number of benzene rings is 1. The van der Waals surface area contributed by atoms with Crippen LogP contribution in [0.25, 0.3) is 11.2 Å². The molecule has 3 aromatic rings. The van der Waals surface area contributed by atoms with E-state index in [4.69, 9.17) is 4.74 Å². The minimum Gasteiger partial charge on any atom is -0.504 e. The third-order valence-corrected chi connectivity index (χ3v) is 4.09. The van der Waals surface area contributed by atoms with E-state index in [0.29, 0.717) is 11.3 Å². The minimum atomic E-state index is -0.461. The molecule has 0 aliphatic carbocycles. The van der Waals surface area contributed by atoms with Gasteiger partial charge in [0.05, 0.1) is 13.3 Å². The molecule has 0 unspecified atom stereocenters. The van der Waals surface area contributed by atoms with Crippen LogP contribution in [0.3, 0.4) is 0 Å². The van der Waals surface area contributed by atoms with Crippen molar-refractivity contribution in [1.82, 2.24) is 18.7 Å². The van der Waals surface area contributed by atoms with Crippen LogP contribution in [0, 0.1) is 0 Å². The zero-order chi connectivity index (χ0) is 19.0. The summed E-state index contributed by atoms with van der Waals surface area (Å²) in [4.78, 5) is 28.6. The number of hydrogen-bond donors (Lipinski definition) is 2. The van der Waals surface area contributed by atoms with Gasteiger partial charge >= 0.3 is 5.69 Å². The van der Waals surface area contributed by atoms with Gasteiger partial charge in [-0.3, -0.25) is 13.9 Å². The van der Waals surface area contributed by atoms with Crippen molar-refractivity contribution in [3.05, 3.63) is 44.6 Å². The fraction of sp³-hybridized carbons (Fsp3) is 0.250. The maximum Gasteiger partial charge on any atom is 0.332 e. The molecule has 0 bridgehead atoms. The van der Waals surface area contributed by atoms with Crippen molar-refractivity contribution in [2.24, 2.45) is 26.2 Å². The number of nitrogens with one attached hydrogen (secondary N) is 1. The molecule has 10 nitrogen and oxygen atoms in total. The average molecular weight is 358 g/mol. The number of methoxy groups -OCH3 is 1. The Labute approximate surface area is 147 Å². The van der Waals surface area contributed by atoms with Gasteiger partial charge in [-0.15, -0.1) is 0 Å². The number of nitrogens with zero attached hydrogens (tertiary/aromatic N) is 5. The minimum absolute atomic E-state index is 0.0400.